The number of methoxy groups -OCH3 is 2. The van der Waals surface area contributed by atoms with Crippen molar-refractivity contribution in [2.75, 3.05) is 32.3 Å². The molecular formula is C21H30N2O7S. The van der Waals surface area contributed by atoms with E-state index in [1.807, 2.05) is 6.07 Å². The van der Waals surface area contributed by atoms with E-state index < -0.39 is 35.5 Å². The number of ether oxygens (including phenoxy) is 2. The number of amides is 1. The maximum atomic E-state index is 13.0. The van der Waals surface area contributed by atoms with Crippen LogP contribution in [0.15, 0.2) is 18.2 Å². The van der Waals surface area contributed by atoms with Gasteiger partial charge < -0.3 is 24.6 Å². The monoisotopic (exact) mass is 454 g/mol. The number of hydrogen-bond acceptors (Lipinski definition) is 7. The van der Waals surface area contributed by atoms with Gasteiger partial charge in [-0.3, -0.25) is 14.9 Å². The fraction of sp³-hybridized carbons (Fsp3) is 0.571. The highest BCUT2D eigenvalue weighted by molar-refractivity contribution is 7.99. The molecule has 0 radical (unpaired) electrons. The molecule has 0 spiro atoms. The van der Waals surface area contributed by atoms with Crippen LogP contribution in [0.1, 0.15) is 25.8 Å². The fourth-order valence-electron chi connectivity index (χ4n) is 3.51. The second kappa shape index (κ2) is 10.7. The van der Waals surface area contributed by atoms with Crippen molar-refractivity contribution in [1.82, 2.24) is 10.2 Å². The molecule has 1 heterocycles. The van der Waals surface area contributed by atoms with E-state index in [4.69, 9.17) is 9.47 Å². The van der Waals surface area contributed by atoms with E-state index in [9.17, 15) is 24.6 Å². The lowest BCUT2D eigenvalue weighted by Crippen LogP contribution is -2.63. The molecular weight excluding hydrogens is 424 g/mol. The maximum absolute atomic E-state index is 13.0. The van der Waals surface area contributed by atoms with Gasteiger partial charge in [0.1, 0.15) is 11.6 Å². The number of carbonyl (C=O) groups excluding carboxylic acids is 1. The molecule has 9 nitrogen and oxygen atoms in total. The first kappa shape index (κ1) is 24.8. The molecule has 0 aliphatic carbocycles. The first-order valence-corrected chi connectivity index (χ1v) is 11.1. The highest BCUT2D eigenvalue weighted by Gasteiger charge is 2.45. The Bertz CT molecular complexity index is 819. The summed E-state index contributed by atoms with van der Waals surface area (Å²) in [6, 6.07) is 3.56. The molecule has 0 bridgehead atoms. The summed E-state index contributed by atoms with van der Waals surface area (Å²) in [5.74, 6) is -0.480. The normalized spacial score (nSPS) is 20.6. The van der Waals surface area contributed by atoms with Gasteiger partial charge in [0.05, 0.1) is 20.3 Å². The summed E-state index contributed by atoms with van der Waals surface area (Å²) in [4.78, 5) is 37.9. The van der Waals surface area contributed by atoms with Crippen molar-refractivity contribution in [3.8, 4) is 11.5 Å². The van der Waals surface area contributed by atoms with Crippen LogP contribution in [-0.2, 0) is 20.8 Å². The zero-order valence-corrected chi connectivity index (χ0v) is 19.0. The van der Waals surface area contributed by atoms with Crippen LogP contribution in [0.4, 0.5) is 0 Å². The molecule has 1 aromatic carbocycles. The van der Waals surface area contributed by atoms with Gasteiger partial charge in [0, 0.05) is 18.1 Å². The van der Waals surface area contributed by atoms with Crippen LogP contribution in [0.25, 0.3) is 0 Å². The van der Waals surface area contributed by atoms with Crippen molar-refractivity contribution in [3.63, 3.8) is 0 Å². The van der Waals surface area contributed by atoms with E-state index in [1.165, 1.54) is 37.8 Å². The number of nitrogens with zero attached hydrogens (tertiary/aromatic N) is 1. The Morgan fingerprint density at radius 1 is 1.23 bits per heavy atom. The molecule has 2 unspecified atom stereocenters. The lowest BCUT2D eigenvalue weighted by Gasteiger charge is -2.42. The average Bonchev–Trinajstić information content (AvgIpc) is 2.75. The number of carboxylic acid groups (broad SMARTS) is 2. The standard InChI is InChI=1S/C21H30N2O7S/c1-13(18(24)23-9-10-31-12-21(23,2)20(27)28)22-15(19(25)26)7-5-14-6-8-16(29-3)17(11-14)30-4/h6,8,11,13,15,22H,5,7,9-10,12H2,1-4H3,(H,25,26)(H,27,28)/t13-,15?,21?/m0/s1. The molecule has 0 aromatic heterocycles. The second-order valence-corrected chi connectivity index (χ2v) is 8.73. The fourth-order valence-corrected chi connectivity index (χ4v) is 4.65. The number of carboxylic acids is 2. The largest absolute Gasteiger partial charge is 0.493 e. The van der Waals surface area contributed by atoms with Gasteiger partial charge in [-0.2, -0.15) is 11.8 Å². The molecule has 1 aliphatic rings. The van der Waals surface area contributed by atoms with Crippen molar-refractivity contribution in [1.29, 1.82) is 0 Å². The van der Waals surface area contributed by atoms with Crippen LogP contribution in [-0.4, -0.2) is 82.9 Å². The van der Waals surface area contributed by atoms with Crippen LogP contribution < -0.4 is 14.8 Å². The third-order valence-electron chi connectivity index (χ3n) is 5.45. The average molecular weight is 455 g/mol. The third kappa shape index (κ3) is 5.82. The van der Waals surface area contributed by atoms with E-state index in [0.29, 0.717) is 36.0 Å². The van der Waals surface area contributed by atoms with Crippen molar-refractivity contribution >= 4 is 29.6 Å². The Hall–Kier alpha value is -2.46. The van der Waals surface area contributed by atoms with Gasteiger partial charge >= 0.3 is 11.9 Å². The van der Waals surface area contributed by atoms with Crippen LogP contribution >= 0.6 is 11.8 Å². The highest BCUT2D eigenvalue weighted by Crippen LogP contribution is 2.29. The summed E-state index contributed by atoms with van der Waals surface area (Å²) >= 11 is 1.48. The molecule has 1 saturated heterocycles. The molecule has 3 atom stereocenters. The number of nitrogens with one attached hydrogen (secondary N) is 1. The van der Waals surface area contributed by atoms with E-state index in [0.717, 1.165) is 5.56 Å². The molecule has 1 amide bonds. The molecule has 31 heavy (non-hydrogen) atoms. The van der Waals surface area contributed by atoms with Crippen molar-refractivity contribution in [2.45, 2.75) is 44.3 Å². The summed E-state index contributed by atoms with van der Waals surface area (Å²) in [5.41, 5.74) is -0.440. The molecule has 3 N–H and O–H groups in total. The Balaban J connectivity index is 2.06. The third-order valence-corrected chi connectivity index (χ3v) is 6.69. The summed E-state index contributed by atoms with van der Waals surface area (Å²) in [5, 5.41) is 22.1. The summed E-state index contributed by atoms with van der Waals surface area (Å²) in [7, 11) is 3.07. The van der Waals surface area contributed by atoms with Crippen molar-refractivity contribution in [2.24, 2.45) is 0 Å². The number of aryl methyl sites for hydroxylation is 1. The minimum Gasteiger partial charge on any atom is -0.493 e. The predicted molar refractivity (Wildman–Crippen MR) is 117 cm³/mol. The number of hydrogen-bond donors (Lipinski definition) is 3. The van der Waals surface area contributed by atoms with Gasteiger partial charge in [-0.1, -0.05) is 6.07 Å². The SMILES string of the molecule is COc1ccc(CCC(N[C@@H](C)C(=O)N2CCSCC2(C)C(=O)O)C(=O)O)cc1OC. The minimum atomic E-state index is -1.31. The van der Waals surface area contributed by atoms with Gasteiger partial charge in [0.25, 0.3) is 0 Å². The van der Waals surface area contributed by atoms with Gasteiger partial charge in [0.15, 0.2) is 11.5 Å². The molecule has 1 aliphatic heterocycles. The minimum absolute atomic E-state index is 0.245. The maximum Gasteiger partial charge on any atom is 0.330 e. The van der Waals surface area contributed by atoms with Crippen LogP contribution in [0.5, 0.6) is 11.5 Å². The zero-order valence-electron chi connectivity index (χ0n) is 18.2. The van der Waals surface area contributed by atoms with E-state index in [1.54, 1.807) is 19.1 Å². The summed E-state index contributed by atoms with van der Waals surface area (Å²) in [6.07, 6.45) is 0.687. The van der Waals surface area contributed by atoms with E-state index in [2.05, 4.69) is 5.32 Å². The zero-order chi connectivity index (χ0) is 23.2. The van der Waals surface area contributed by atoms with Gasteiger partial charge in [-0.25, -0.2) is 4.79 Å². The van der Waals surface area contributed by atoms with Crippen LogP contribution in [0.2, 0.25) is 0 Å². The van der Waals surface area contributed by atoms with Gasteiger partial charge in [0.2, 0.25) is 5.91 Å². The van der Waals surface area contributed by atoms with Crippen LogP contribution in [0.3, 0.4) is 0 Å². The Morgan fingerprint density at radius 2 is 1.90 bits per heavy atom. The second-order valence-electron chi connectivity index (χ2n) is 7.63. The van der Waals surface area contributed by atoms with Gasteiger partial charge in [-0.05, 0) is 44.4 Å². The Kier molecular flexibility index (Phi) is 8.58. The number of rotatable bonds is 10. The number of aliphatic carboxylic acids is 2. The molecule has 0 saturated carbocycles. The first-order chi connectivity index (χ1) is 14.6. The first-order valence-electron chi connectivity index (χ1n) is 9.96. The van der Waals surface area contributed by atoms with E-state index in [-0.39, 0.29) is 6.42 Å². The van der Waals surface area contributed by atoms with Crippen LogP contribution in [0, 0.1) is 0 Å². The van der Waals surface area contributed by atoms with E-state index >= 15 is 0 Å². The quantitative estimate of drug-likeness (QED) is 0.482. The number of benzene rings is 1. The Morgan fingerprint density at radius 3 is 2.48 bits per heavy atom. The van der Waals surface area contributed by atoms with Crippen molar-refractivity contribution in [3.05, 3.63) is 23.8 Å². The molecule has 1 aromatic rings. The Labute approximate surface area is 186 Å². The molecule has 2 rings (SSSR count). The van der Waals surface area contributed by atoms with Crippen molar-refractivity contribution < 1.29 is 34.1 Å². The highest BCUT2D eigenvalue weighted by atomic mass is 32.2. The smallest absolute Gasteiger partial charge is 0.330 e. The molecule has 1 fully saturated rings. The molecule has 10 heteroatoms. The topological polar surface area (TPSA) is 125 Å². The molecule has 172 valence electrons. The number of thioether (sulfide) groups is 1. The predicted octanol–water partition coefficient (Wildman–Crippen LogP) is 1.49. The lowest BCUT2D eigenvalue weighted by atomic mass is 10.0. The lowest BCUT2D eigenvalue weighted by molar-refractivity contribution is -0.157. The number of carbonyl (C=O) groups is 3. The summed E-state index contributed by atoms with van der Waals surface area (Å²) in [6.45, 7) is 3.40. The summed E-state index contributed by atoms with van der Waals surface area (Å²) < 4.78 is 10.5. The van der Waals surface area contributed by atoms with Gasteiger partial charge in [-0.15, -0.1) is 0 Å².